The van der Waals surface area contributed by atoms with E-state index in [1.54, 1.807) is 0 Å². The summed E-state index contributed by atoms with van der Waals surface area (Å²) in [5.41, 5.74) is 0.203. The summed E-state index contributed by atoms with van der Waals surface area (Å²) in [4.78, 5) is 20.9. The molecule has 0 saturated heterocycles. The molecule has 0 unspecified atom stereocenters. The molecule has 1 N–H and O–H groups in total. The second-order valence-electron chi connectivity index (χ2n) is 2.15. The normalized spacial score (nSPS) is 19.4. The van der Waals surface area contributed by atoms with Gasteiger partial charge in [0.05, 0.1) is 6.42 Å². The van der Waals surface area contributed by atoms with Crippen LogP contribution in [0.4, 0.5) is 4.39 Å². The summed E-state index contributed by atoms with van der Waals surface area (Å²) in [6.45, 7) is 1.42. The van der Waals surface area contributed by atoms with Crippen LogP contribution >= 0.6 is 0 Å². The van der Waals surface area contributed by atoms with Crippen LogP contribution < -0.4 is 5.32 Å². The van der Waals surface area contributed by atoms with E-state index < -0.39 is 17.6 Å². The molecule has 1 heterocycles. The van der Waals surface area contributed by atoms with Crippen LogP contribution in [0, 0.1) is 0 Å². The highest BCUT2D eigenvalue weighted by atomic mass is 19.1. The van der Waals surface area contributed by atoms with Crippen LogP contribution in [-0.2, 0) is 9.59 Å². The molecule has 0 aromatic rings. The molecule has 1 aliphatic rings. The van der Waals surface area contributed by atoms with Crippen molar-refractivity contribution in [1.82, 2.24) is 5.32 Å². The first-order valence-corrected chi connectivity index (χ1v) is 2.80. The minimum absolute atomic E-state index is 0.0163. The van der Waals surface area contributed by atoms with Crippen molar-refractivity contribution in [3.05, 3.63) is 11.4 Å². The first kappa shape index (κ1) is 6.92. The van der Waals surface area contributed by atoms with E-state index in [4.69, 9.17) is 0 Å². The highest BCUT2D eigenvalue weighted by Gasteiger charge is 2.22. The van der Waals surface area contributed by atoms with Crippen molar-refractivity contribution >= 4 is 11.8 Å². The van der Waals surface area contributed by atoms with Crippen LogP contribution in [0.5, 0.6) is 0 Å². The first-order chi connectivity index (χ1) is 4.61. The van der Waals surface area contributed by atoms with Gasteiger partial charge in [0.2, 0.25) is 5.91 Å². The highest BCUT2D eigenvalue weighted by Crippen LogP contribution is 2.13. The zero-order chi connectivity index (χ0) is 7.72. The zero-order valence-electron chi connectivity index (χ0n) is 5.40. The molecule has 0 aromatic carbocycles. The van der Waals surface area contributed by atoms with Crippen molar-refractivity contribution in [2.75, 3.05) is 0 Å². The van der Waals surface area contributed by atoms with E-state index in [1.165, 1.54) is 6.92 Å². The van der Waals surface area contributed by atoms with E-state index >= 15 is 0 Å². The zero-order valence-corrected chi connectivity index (χ0v) is 5.40. The molecular weight excluding hydrogens is 137 g/mol. The van der Waals surface area contributed by atoms with E-state index in [9.17, 15) is 14.0 Å². The minimum Gasteiger partial charge on any atom is -0.290 e. The van der Waals surface area contributed by atoms with E-state index in [-0.39, 0.29) is 12.0 Å². The number of nitrogens with one attached hydrogen (secondary N) is 1. The summed E-state index contributed by atoms with van der Waals surface area (Å²) < 4.78 is 12.5. The molecule has 3 nitrogen and oxygen atoms in total. The van der Waals surface area contributed by atoms with Gasteiger partial charge in [-0.3, -0.25) is 14.9 Å². The number of halogens is 1. The number of amides is 2. The molecule has 0 atom stereocenters. The largest absolute Gasteiger partial charge is 0.290 e. The Bertz CT molecular complexity index is 232. The highest BCUT2D eigenvalue weighted by molar-refractivity contribution is 6.07. The SMILES string of the molecule is CC1=C(F)C(=O)NC(=O)C1. The summed E-state index contributed by atoms with van der Waals surface area (Å²) in [5.74, 6) is -2.20. The predicted octanol–water partition coefficient (Wildman–Crippen LogP) is 0.276. The Hall–Kier alpha value is -1.19. The van der Waals surface area contributed by atoms with Crippen molar-refractivity contribution in [3.8, 4) is 0 Å². The van der Waals surface area contributed by atoms with E-state index in [0.29, 0.717) is 0 Å². The van der Waals surface area contributed by atoms with Gasteiger partial charge in [-0.2, -0.15) is 0 Å². The molecule has 1 rings (SSSR count). The van der Waals surface area contributed by atoms with Gasteiger partial charge in [0.25, 0.3) is 5.91 Å². The van der Waals surface area contributed by atoms with Crippen molar-refractivity contribution < 1.29 is 14.0 Å². The lowest BCUT2D eigenvalue weighted by Crippen LogP contribution is -2.34. The van der Waals surface area contributed by atoms with Crippen molar-refractivity contribution in [1.29, 1.82) is 0 Å². The summed E-state index contributed by atoms with van der Waals surface area (Å²) in [7, 11) is 0. The molecule has 0 fully saturated rings. The van der Waals surface area contributed by atoms with Crippen molar-refractivity contribution in [2.24, 2.45) is 0 Å². The Morgan fingerprint density at radius 3 is 2.60 bits per heavy atom. The lowest BCUT2D eigenvalue weighted by Gasteiger charge is -2.09. The molecule has 0 radical (unpaired) electrons. The van der Waals surface area contributed by atoms with Gasteiger partial charge in [-0.15, -0.1) is 0 Å². The second-order valence-corrected chi connectivity index (χ2v) is 2.15. The van der Waals surface area contributed by atoms with E-state index in [1.807, 2.05) is 5.32 Å². The molecule has 0 bridgehead atoms. The molecule has 10 heavy (non-hydrogen) atoms. The molecule has 0 saturated carbocycles. The first-order valence-electron chi connectivity index (χ1n) is 2.80. The van der Waals surface area contributed by atoms with Gasteiger partial charge in [0, 0.05) is 0 Å². The van der Waals surface area contributed by atoms with Gasteiger partial charge in [-0.25, -0.2) is 4.39 Å². The second kappa shape index (κ2) is 2.21. The fourth-order valence-corrected chi connectivity index (χ4v) is 0.738. The molecule has 0 spiro atoms. The van der Waals surface area contributed by atoms with Crippen LogP contribution in [0.25, 0.3) is 0 Å². The van der Waals surface area contributed by atoms with E-state index in [0.717, 1.165) is 0 Å². The van der Waals surface area contributed by atoms with Gasteiger partial charge in [0.1, 0.15) is 0 Å². The third kappa shape index (κ3) is 1.05. The molecule has 0 aromatic heterocycles. The fraction of sp³-hybridized carbons (Fsp3) is 0.333. The Kier molecular flexibility index (Phi) is 1.53. The van der Waals surface area contributed by atoms with Gasteiger partial charge < -0.3 is 0 Å². The number of rotatable bonds is 0. The monoisotopic (exact) mass is 143 g/mol. The maximum atomic E-state index is 12.5. The smallest absolute Gasteiger partial charge is 0.286 e. The van der Waals surface area contributed by atoms with Crippen molar-refractivity contribution in [2.45, 2.75) is 13.3 Å². The standard InChI is InChI=1S/C6H6FNO2/c1-3-2-4(9)8-6(10)5(3)7/h2H2,1H3,(H,8,9,10). The van der Waals surface area contributed by atoms with Gasteiger partial charge in [-0.05, 0) is 12.5 Å². The lowest BCUT2D eigenvalue weighted by molar-refractivity contribution is -0.129. The van der Waals surface area contributed by atoms with Crippen LogP contribution in [0.15, 0.2) is 11.4 Å². The van der Waals surface area contributed by atoms with Crippen LogP contribution in [0.2, 0.25) is 0 Å². The van der Waals surface area contributed by atoms with Gasteiger partial charge >= 0.3 is 0 Å². The van der Waals surface area contributed by atoms with Gasteiger partial charge in [-0.1, -0.05) is 0 Å². The topological polar surface area (TPSA) is 46.2 Å². The molecular formula is C6H6FNO2. The third-order valence-electron chi connectivity index (χ3n) is 1.25. The number of hydrogen-bond acceptors (Lipinski definition) is 2. The summed E-state index contributed by atoms with van der Waals surface area (Å²) in [6.07, 6.45) is -0.0163. The molecule has 0 aliphatic carbocycles. The molecule has 4 heteroatoms. The number of hydrogen-bond donors (Lipinski definition) is 1. The van der Waals surface area contributed by atoms with Crippen molar-refractivity contribution in [3.63, 3.8) is 0 Å². The molecule has 54 valence electrons. The average Bonchev–Trinajstić information content (AvgIpc) is 1.82. The Labute approximate surface area is 56.9 Å². The quantitative estimate of drug-likeness (QED) is 0.495. The Balaban J connectivity index is 2.95. The molecule has 2 amide bonds. The number of carbonyl (C=O) groups is 2. The number of carbonyl (C=O) groups excluding carboxylic acids is 2. The minimum atomic E-state index is -0.922. The fourth-order valence-electron chi connectivity index (χ4n) is 0.738. The predicted molar refractivity (Wildman–Crippen MR) is 31.6 cm³/mol. The van der Waals surface area contributed by atoms with Gasteiger partial charge in [0.15, 0.2) is 5.83 Å². The Morgan fingerprint density at radius 2 is 2.10 bits per heavy atom. The number of imide groups is 1. The van der Waals surface area contributed by atoms with Crippen LogP contribution in [0.1, 0.15) is 13.3 Å². The third-order valence-corrected chi connectivity index (χ3v) is 1.25. The summed E-state index contributed by atoms with van der Waals surface area (Å²) in [6, 6.07) is 0. The summed E-state index contributed by atoms with van der Waals surface area (Å²) >= 11 is 0. The van der Waals surface area contributed by atoms with Crippen LogP contribution in [-0.4, -0.2) is 11.8 Å². The lowest BCUT2D eigenvalue weighted by atomic mass is 10.1. The maximum absolute atomic E-state index is 12.5. The van der Waals surface area contributed by atoms with E-state index in [2.05, 4.69) is 0 Å². The molecule has 1 aliphatic heterocycles. The average molecular weight is 143 g/mol. The summed E-state index contributed by atoms with van der Waals surface area (Å²) in [5, 5.41) is 1.85. The van der Waals surface area contributed by atoms with Crippen LogP contribution in [0.3, 0.4) is 0 Å². The maximum Gasteiger partial charge on any atom is 0.286 e. The Morgan fingerprint density at radius 1 is 1.50 bits per heavy atom.